The number of unbranched alkanes of at least 4 members (excludes halogenated alkanes) is 1. The van der Waals surface area contributed by atoms with Crippen molar-refractivity contribution in [2.45, 2.75) is 65.8 Å². The van der Waals surface area contributed by atoms with Crippen LogP contribution in [0.4, 0.5) is 0 Å². The van der Waals surface area contributed by atoms with Crippen LogP contribution in [0, 0.1) is 19.8 Å². The summed E-state index contributed by atoms with van der Waals surface area (Å²) in [5, 5.41) is 0. The second-order valence-electron chi connectivity index (χ2n) is 5.26. The van der Waals surface area contributed by atoms with Crippen molar-refractivity contribution in [3.63, 3.8) is 0 Å². The number of aryl methyl sites for hydroxylation is 2. The topological polar surface area (TPSA) is 38.0 Å². The highest BCUT2D eigenvalue weighted by Crippen LogP contribution is 2.32. The Kier molecular flexibility index (Phi) is 6.90. The van der Waals surface area contributed by atoms with Gasteiger partial charge in [0.15, 0.2) is 0 Å². The molecule has 3 heteroatoms. The molecule has 1 rings (SSSR count). The lowest BCUT2D eigenvalue weighted by Gasteiger charge is -2.21. The minimum atomic E-state index is 0.323. The highest BCUT2D eigenvalue weighted by atomic mass is 32.1. The molecular weight excluding hydrogens is 240 g/mol. The van der Waals surface area contributed by atoms with Crippen molar-refractivity contribution in [3.8, 4) is 0 Å². The molecule has 1 heterocycles. The van der Waals surface area contributed by atoms with Gasteiger partial charge in [0, 0.05) is 9.75 Å². The van der Waals surface area contributed by atoms with Gasteiger partial charge in [-0.25, -0.2) is 0 Å². The molecule has 0 saturated carbocycles. The molecule has 1 aromatic heterocycles. The van der Waals surface area contributed by atoms with Crippen LogP contribution < -0.4 is 11.3 Å². The first-order valence-electron chi connectivity index (χ1n) is 7.15. The second-order valence-corrected chi connectivity index (χ2v) is 6.55. The summed E-state index contributed by atoms with van der Waals surface area (Å²) in [5.41, 5.74) is 4.40. The first-order chi connectivity index (χ1) is 8.62. The molecule has 0 aliphatic carbocycles. The molecular formula is C15H28N2S. The summed E-state index contributed by atoms with van der Waals surface area (Å²) in [5.74, 6) is 6.54. The van der Waals surface area contributed by atoms with Crippen LogP contribution in [-0.4, -0.2) is 0 Å². The van der Waals surface area contributed by atoms with Crippen molar-refractivity contribution in [1.29, 1.82) is 0 Å². The number of nitrogens with two attached hydrogens (primary N) is 1. The van der Waals surface area contributed by atoms with Gasteiger partial charge in [-0.15, -0.1) is 11.3 Å². The molecule has 0 bridgehead atoms. The SMILES string of the molecule is CCCCC(CC)CC(NN)c1cc(C)c(C)s1. The first kappa shape index (κ1) is 15.7. The Labute approximate surface area is 116 Å². The molecule has 2 nitrogen and oxygen atoms in total. The van der Waals surface area contributed by atoms with Crippen molar-refractivity contribution < 1.29 is 0 Å². The van der Waals surface area contributed by atoms with Crippen molar-refractivity contribution in [1.82, 2.24) is 5.43 Å². The molecule has 1 aromatic rings. The van der Waals surface area contributed by atoms with Crippen LogP contribution in [0.3, 0.4) is 0 Å². The van der Waals surface area contributed by atoms with Crippen LogP contribution in [0.15, 0.2) is 6.07 Å². The third kappa shape index (κ3) is 4.38. The molecule has 0 aromatic carbocycles. The zero-order valence-corrected chi connectivity index (χ0v) is 13.1. The summed E-state index contributed by atoms with van der Waals surface area (Å²) in [6.45, 7) is 8.92. The number of hydrogen-bond acceptors (Lipinski definition) is 3. The first-order valence-corrected chi connectivity index (χ1v) is 7.97. The second kappa shape index (κ2) is 7.93. The number of rotatable bonds is 8. The highest BCUT2D eigenvalue weighted by molar-refractivity contribution is 7.12. The summed E-state index contributed by atoms with van der Waals surface area (Å²) < 4.78 is 0. The standard InChI is InChI=1S/C15H28N2S/c1-5-7-8-13(6-2)10-14(17-16)15-9-11(3)12(4)18-15/h9,13-14,17H,5-8,10,16H2,1-4H3. The van der Waals surface area contributed by atoms with Crippen LogP contribution in [0.2, 0.25) is 0 Å². The molecule has 2 unspecified atom stereocenters. The third-order valence-corrected chi connectivity index (χ3v) is 5.11. The van der Waals surface area contributed by atoms with Crippen molar-refractivity contribution in [2.75, 3.05) is 0 Å². The molecule has 0 spiro atoms. The Hall–Kier alpha value is -0.380. The minimum Gasteiger partial charge on any atom is -0.271 e. The van der Waals surface area contributed by atoms with Crippen LogP contribution >= 0.6 is 11.3 Å². The predicted molar refractivity (Wildman–Crippen MR) is 81.8 cm³/mol. The Morgan fingerprint density at radius 1 is 1.33 bits per heavy atom. The molecule has 0 aliphatic heterocycles. The number of thiophene rings is 1. The monoisotopic (exact) mass is 268 g/mol. The molecule has 2 atom stereocenters. The fourth-order valence-electron chi connectivity index (χ4n) is 2.35. The van der Waals surface area contributed by atoms with Crippen LogP contribution in [-0.2, 0) is 0 Å². The van der Waals surface area contributed by atoms with Crippen LogP contribution in [0.5, 0.6) is 0 Å². The number of hydrazine groups is 1. The van der Waals surface area contributed by atoms with Gasteiger partial charge in [0.2, 0.25) is 0 Å². The van der Waals surface area contributed by atoms with Gasteiger partial charge in [-0.3, -0.25) is 11.3 Å². The molecule has 0 fully saturated rings. The quantitative estimate of drug-likeness (QED) is 0.539. The summed E-state index contributed by atoms with van der Waals surface area (Å²) in [6.07, 6.45) is 6.36. The molecule has 3 N–H and O–H groups in total. The molecule has 0 radical (unpaired) electrons. The van der Waals surface area contributed by atoms with E-state index < -0.39 is 0 Å². The van der Waals surface area contributed by atoms with Gasteiger partial charge in [-0.1, -0.05) is 39.5 Å². The van der Waals surface area contributed by atoms with Gasteiger partial charge in [0.25, 0.3) is 0 Å². The van der Waals surface area contributed by atoms with E-state index in [4.69, 9.17) is 5.84 Å². The Morgan fingerprint density at radius 3 is 2.50 bits per heavy atom. The third-order valence-electron chi connectivity index (χ3n) is 3.84. The van der Waals surface area contributed by atoms with Gasteiger partial charge in [-0.05, 0) is 37.8 Å². The lowest BCUT2D eigenvalue weighted by atomic mass is 9.91. The van der Waals surface area contributed by atoms with Gasteiger partial charge in [-0.2, -0.15) is 0 Å². The average Bonchev–Trinajstić information content (AvgIpc) is 2.70. The summed E-state index contributed by atoms with van der Waals surface area (Å²) in [7, 11) is 0. The van der Waals surface area contributed by atoms with Crippen molar-refractivity contribution in [3.05, 3.63) is 21.4 Å². The van der Waals surface area contributed by atoms with Gasteiger partial charge < -0.3 is 0 Å². The van der Waals surface area contributed by atoms with E-state index in [2.05, 4.69) is 39.2 Å². The normalized spacial score (nSPS) is 14.7. The molecule has 18 heavy (non-hydrogen) atoms. The average molecular weight is 268 g/mol. The van der Waals surface area contributed by atoms with E-state index in [1.807, 2.05) is 11.3 Å². The van der Waals surface area contributed by atoms with E-state index in [-0.39, 0.29) is 0 Å². The molecule has 104 valence electrons. The lowest BCUT2D eigenvalue weighted by molar-refractivity contribution is 0.359. The Balaban J connectivity index is 2.65. The largest absolute Gasteiger partial charge is 0.271 e. The van der Waals surface area contributed by atoms with Crippen molar-refractivity contribution in [2.24, 2.45) is 11.8 Å². The Morgan fingerprint density at radius 2 is 2.06 bits per heavy atom. The van der Waals surface area contributed by atoms with Gasteiger partial charge >= 0.3 is 0 Å². The fraction of sp³-hybridized carbons (Fsp3) is 0.733. The minimum absolute atomic E-state index is 0.323. The predicted octanol–water partition coefficient (Wildman–Crippen LogP) is 4.48. The summed E-state index contributed by atoms with van der Waals surface area (Å²) in [6, 6.07) is 2.61. The van der Waals surface area contributed by atoms with E-state index in [1.165, 1.54) is 41.0 Å². The summed E-state index contributed by atoms with van der Waals surface area (Å²) in [4.78, 5) is 2.80. The summed E-state index contributed by atoms with van der Waals surface area (Å²) >= 11 is 1.88. The molecule has 0 aliphatic rings. The Bertz CT molecular complexity index is 327. The maximum absolute atomic E-state index is 5.75. The number of nitrogens with one attached hydrogen (secondary N) is 1. The maximum Gasteiger partial charge on any atom is 0.0556 e. The molecule has 0 saturated heterocycles. The van der Waals surface area contributed by atoms with Crippen LogP contribution in [0.1, 0.15) is 67.3 Å². The number of hydrogen-bond donors (Lipinski definition) is 2. The zero-order valence-electron chi connectivity index (χ0n) is 12.3. The highest BCUT2D eigenvalue weighted by Gasteiger charge is 2.18. The zero-order chi connectivity index (χ0) is 13.5. The van der Waals surface area contributed by atoms with Gasteiger partial charge in [0.1, 0.15) is 0 Å². The smallest absolute Gasteiger partial charge is 0.0556 e. The van der Waals surface area contributed by atoms with Gasteiger partial charge in [0.05, 0.1) is 6.04 Å². The maximum atomic E-state index is 5.75. The van der Waals surface area contributed by atoms with E-state index in [0.29, 0.717) is 6.04 Å². The fourth-order valence-corrected chi connectivity index (χ4v) is 3.47. The lowest BCUT2D eigenvalue weighted by Crippen LogP contribution is -2.29. The van der Waals surface area contributed by atoms with Crippen molar-refractivity contribution >= 4 is 11.3 Å². The van der Waals surface area contributed by atoms with E-state index in [0.717, 1.165) is 12.3 Å². The van der Waals surface area contributed by atoms with E-state index >= 15 is 0 Å². The van der Waals surface area contributed by atoms with E-state index in [1.54, 1.807) is 0 Å². The molecule has 0 amide bonds. The van der Waals surface area contributed by atoms with Crippen LogP contribution in [0.25, 0.3) is 0 Å². The van der Waals surface area contributed by atoms with E-state index in [9.17, 15) is 0 Å².